The van der Waals surface area contributed by atoms with Crippen LogP contribution in [0, 0.1) is 5.82 Å². The van der Waals surface area contributed by atoms with Gasteiger partial charge in [0, 0.05) is 5.56 Å². The first-order valence-electron chi connectivity index (χ1n) is 5.85. The average molecular weight is 369 g/mol. The molecule has 0 aliphatic carbocycles. The Morgan fingerprint density at radius 1 is 1.19 bits per heavy atom. The van der Waals surface area contributed by atoms with Crippen LogP contribution in [0.5, 0.6) is 0 Å². The van der Waals surface area contributed by atoms with Crippen LogP contribution in [0.1, 0.15) is 0 Å². The van der Waals surface area contributed by atoms with Crippen LogP contribution in [0.2, 0.25) is 5.02 Å². The summed E-state index contributed by atoms with van der Waals surface area (Å²) < 4.78 is 15.1. The Bertz CT molecular complexity index is 754. The van der Waals surface area contributed by atoms with Crippen LogP contribution in [0.15, 0.2) is 40.9 Å². The van der Waals surface area contributed by atoms with Gasteiger partial charge >= 0.3 is 0 Å². The van der Waals surface area contributed by atoms with E-state index in [9.17, 15) is 4.39 Å². The maximum absolute atomic E-state index is 13.3. The largest absolute Gasteiger partial charge is 0.398 e. The van der Waals surface area contributed by atoms with Crippen molar-refractivity contribution in [1.82, 2.24) is 20.2 Å². The zero-order valence-corrected chi connectivity index (χ0v) is 12.8. The minimum atomic E-state index is -0.357. The van der Waals surface area contributed by atoms with Gasteiger partial charge in [-0.25, -0.2) is 4.39 Å². The summed E-state index contributed by atoms with van der Waals surface area (Å²) in [6, 6.07) is 9.63. The third kappa shape index (κ3) is 2.62. The zero-order chi connectivity index (χ0) is 15.0. The Labute approximate surface area is 132 Å². The number of aromatic nitrogens is 4. The smallest absolute Gasteiger partial charge is 0.187 e. The fraction of sp³-hybridized carbons (Fsp3) is 0. The molecule has 0 saturated heterocycles. The highest BCUT2D eigenvalue weighted by Crippen LogP contribution is 2.27. The summed E-state index contributed by atoms with van der Waals surface area (Å²) >= 11 is 9.04. The monoisotopic (exact) mass is 367 g/mol. The van der Waals surface area contributed by atoms with Crippen LogP contribution in [-0.2, 0) is 0 Å². The number of nitrogen functional groups attached to an aromatic ring is 1. The van der Waals surface area contributed by atoms with Crippen molar-refractivity contribution in [2.45, 2.75) is 0 Å². The van der Waals surface area contributed by atoms with Gasteiger partial charge < -0.3 is 5.73 Å². The first-order valence-corrected chi connectivity index (χ1v) is 7.02. The zero-order valence-electron chi connectivity index (χ0n) is 10.5. The summed E-state index contributed by atoms with van der Waals surface area (Å²) in [5, 5.41) is 12.0. The number of hydrogen-bond acceptors (Lipinski definition) is 4. The van der Waals surface area contributed by atoms with Crippen molar-refractivity contribution in [3.05, 3.63) is 51.7 Å². The maximum atomic E-state index is 13.3. The van der Waals surface area contributed by atoms with Crippen LogP contribution in [0.3, 0.4) is 0 Å². The summed E-state index contributed by atoms with van der Waals surface area (Å²) in [6.45, 7) is 0. The first kappa shape index (κ1) is 14.0. The number of anilines is 1. The number of nitrogens with zero attached hydrogens (tertiary/aromatic N) is 4. The molecule has 106 valence electrons. The summed E-state index contributed by atoms with van der Waals surface area (Å²) in [5.74, 6) is 0.126. The van der Waals surface area contributed by atoms with Gasteiger partial charge in [0.1, 0.15) is 5.82 Å². The van der Waals surface area contributed by atoms with Crippen molar-refractivity contribution in [2.24, 2.45) is 0 Å². The molecule has 3 rings (SSSR count). The van der Waals surface area contributed by atoms with E-state index in [1.807, 2.05) is 0 Å². The number of halogens is 3. The molecule has 21 heavy (non-hydrogen) atoms. The molecular weight excluding hydrogens is 361 g/mol. The molecule has 8 heteroatoms. The van der Waals surface area contributed by atoms with Crippen LogP contribution < -0.4 is 5.73 Å². The lowest BCUT2D eigenvalue weighted by atomic mass is 10.2. The number of benzene rings is 2. The molecule has 0 saturated carbocycles. The summed E-state index contributed by atoms with van der Waals surface area (Å²) in [5.41, 5.74) is 7.56. The van der Waals surface area contributed by atoms with E-state index < -0.39 is 0 Å². The SMILES string of the molecule is Nc1cc(-c2nnnn2-c2ccc(F)c(Br)c2)ccc1Cl. The van der Waals surface area contributed by atoms with Gasteiger partial charge in [-0.2, -0.15) is 4.68 Å². The van der Waals surface area contributed by atoms with Crippen molar-refractivity contribution >= 4 is 33.2 Å². The van der Waals surface area contributed by atoms with Crippen molar-refractivity contribution in [2.75, 3.05) is 5.73 Å². The molecular formula is C13H8BrClFN5. The minimum Gasteiger partial charge on any atom is -0.398 e. The van der Waals surface area contributed by atoms with Gasteiger partial charge in [0.05, 0.1) is 20.9 Å². The Balaban J connectivity index is 2.12. The number of nitrogens with two attached hydrogens (primary N) is 1. The minimum absolute atomic E-state index is 0.331. The number of rotatable bonds is 2. The Morgan fingerprint density at radius 3 is 2.71 bits per heavy atom. The highest BCUT2D eigenvalue weighted by Gasteiger charge is 2.13. The molecule has 2 N–H and O–H groups in total. The molecule has 0 atom stereocenters. The molecule has 1 heterocycles. The standard InChI is InChI=1S/C13H8BrClFN5/c14-9-6-8(2-4-11(9)16)21-13(18-19-20-21)7-1-3-10(15)12(17)5-7/h1-6H,17H2. The fourth-order valence-corrected chi connectivity index (χ4v) is 2.32. The Kier molecular flexibility index (Phi) is 3.60. The first-order chi connectivity index (χ1) is 10.1. The van der Waals surface area contributed by atoms with E-state index in [1.54, 1.807) is 30.3 Å². The Morgan fingerprint density at radius 2 is 2.00 bits per heavy atom. The quantitative estimate of drug-likeness (QED) is 0.703. The predicted molar refractivity (Wildman–Crippen MR) is 81.7 cm³/mol. The summed E-state index contributed by atoms with van der Waals surface area (Å²) in [4.78, 5) is 0. The average Bonchev–Trinajstić information content (AvgIpc) is 2.94. The van der Waals surface area contributed by atoms with Gasteiger partial charge in [0.25, 0.3) is 0 Å². The van der Waals surface area contributed by atoms with E-state index in [2.05, 4.69) is 31.5 Å². The van der Waals surface area contributed by atoms with Crippen LogP contribution in [0.25, 0.3) is 17.1 Å². The second-order valence-corrected chi connectivity index (χ2v) is 5.51. The van der Waals surface area contributed by atoms with Gasteiger partial charge in [-0.05, 0) is 62.8 Å². The van der Waals surface area contributed by atoms with Gasteiger partial charge in [-0.1, -0.05) is 11.6 Å². The normalized spacial score (nSPS) is 10.8. The van der Waals surface area contributed by atoms with Crippen molar-refractivity contribution in [3.63, 3.8) is 0 Å². The van der Waals surface area contributed by atoms with Gasteiger partial charge in [0.2, 0.25) is 0 Å². The second-order valence-electron chi connectivity index (χ2n) is 4.25. The van der Waals surface area contributed by atoms with Crippen molar-refractivity contribution in [3.8, 4) is 17.1 Å². The van der Waals surface area contributed by atoms with Gasteiger partial charge in [-0.15, -0.1) is 5.10 Å². The van der Waals surface area contributed by atoms with E-state index in [4.69, 9.17) is 17.3 Å². The van der Waals surface area contributed by atoms with Gasteiger partial charge in [0.15, 0.2) is 5.82 Å². The van der Waals surface area contributed by atoms with E-state index in [0.717, 1.165) is 0 Å². The van der Waals surface area contributed by atoms with Crippen LogP contribution >= 0.6 is 27.5 Å². The van der Waals surface area contributed by atoms with Gasteiger partial charge in [-0.3, -0.25) is 0 Å². The topological polar surface area (TPSA) is 69.6 Å². The van der Waals surface area contributed by atoms with E-state index in [0.29, 0.717) is 32.3 Å². The number of tetrazole rings is 1. The lowest BCUT2D eigenvalue weighted by Crippen LogP contribution is -2.01. The van der Waals surface area contributed by atoms with Crippen molar-refractivity contribution < 1.29 is 4.39 Å². The molecule has 5 nitrogen and oxygen atoms in total. The number of hydrogen-bond donors (Lipinski definition) is 1. The molecule has 3 aromatic rings. The molecule has 0 unspecified atom stereocenters. The summed E-state index contributed by atoms with van der Waals surface area (Å²) in [6.07, 6.45) is 0. The lowest BCUT2D eigenvalue weighted by Gasteiger charge is -2.06. The highest BCUT2D eigenvalue weighted by atomic mass is 79.9. The van der Waals surface area contributed by atoms with E-state index in [-0.39, 0.29) is 5.82 Å². The molecule has 0 bridgehead atoms. The Hall–Kier alpha value is -1.99. The highest BCUT2D eigenvalue weighted by molar-refractivity contribution is 9.10. The fourth-order valence-electron chi connectivity index (χ4n) is 1.84. The molecule has 0 aliphatic heterocycles. The third-order valence-electron chi connectivity index (χ3n) is 2.87. The van der Waals surface area contributed by atoms with E-state index >= 15 is 0 Å². The summed E-state index contributed by atoms with van der Waals surface area (Å²) in [7, 11) is 0. The van der Waals surface area contributed by atoms with Crippen LogP contribution in [0.4, 0.5) is 10.1 Å². The molecule has 0 fully saturated rings. The maximum Gasteiger partial charge on any atom is 0.187 e. The van der Waals surface area contributed by atoms with E-state index in [1.165, 1.54) is 10.7 Å². The third-order valence-corrected chi connectivity index (χ3v) is 3.82. The molecule has 1 aromatic heterocycles. The molecule has 0 aliphatic rings. The van der Waals surface area contributed by atoms with Crippen LogP contribution in [-0.4, -0.2) is 20.2 Å². The molecule has 2 aromatic carbocycles. The lowest BCUT2D eigenvalue weighted by molar-refractivity contribution is 0.620. The van der Waals surface area contributed by atoms with Crippen molar-refractivity contribution in [1.29, 1.82) is 0 Å². The molecule has 0 amide bonds. The molecule has 0 radical (unpaired) electrons. The molecule has 0 spiro atoms. The predicted octanol–water partition coefficient (Wildman–Crippen LogP) is 3.47. The second kappa shape index (κ2) is 5.42.